The minimum Gasteiger partial charge on any atom is -0.370 e. The van der Waals surface area contributed by atoms with Crippen LogP contribution >= 0.6 is 0 Å². The van der Waals surface area contributed by atoms with Crippen LogP contribution in [0.4, 0.5) is 11.4 Å². The molecular formula is C21H26N4O2. The van der Waals surface area contributed by atoms with Gasteiger partial charge in [0.05, 0.1) is 6.54 Å². The van der Waals surface area contributed by atoms with Crippen molar-refractivity contribution >= 4 is 23.2 Å². The molecule has 4 N–H and O–H groups in total. The standard InChI is InChI=1S/C21H26N4O2/c1-2-15-6-3-9-18(12-15)25-21(22)23-14-16-7-4-8-17(13-16)24-20(26)19-10-5-11-27-19/h3-4,6-9,12-13,19H,2,5,10-11,14H2,1H3,(H,24,26)(H3,22,23,25). The summed E-state index contributed by atoms with van der Waals surface area (Å²) in [7, 11) is 0. The van der Waals surface area contributed by atoms with E-state index < -0.39 is 0 Å². The molecular weight excluding hydrogens is 340 g/mol. The molecule has 1 unspecified atom stereocenters. The molecule has 2 aromatic carbocycles. The van der Waals surface area contributed by atoms with Crippen molar-refractivity contribution in [3.63, 3.8) is 0 Å². The van der Waals surface area contributed by atoms with Crippen molar-refractivity contribution in [2.24, 2.45) is 10.7 Å². The number of aliphatic imine (C=N–C) groups is 1. The van der Waals surface area contributed by atoms with E-state index >= 15 is 0 Å². The Hall–Kier alpha value is -2.86. The second-order valence-corrected chi connectivity index (χ2v) is 6.57. The van der Waals surface area contributed by atoms with Gasteiger partial charge in [0.2, 0.25) is 0 Å². The largest absolute Gasteiger partial charge is 0.370 e. The van der Waals surface area contributed by atoms with Gasteiger partial charge in [0.1, 0.15) is 6.10 Å². The summed E-state index contributed by atoms with van der Waals surface area (Å²) < 4.78 is 5.41. The predicted octanol–water partition coefficient (Wildman–Crippen LogP) is 3.29. The average molecular weight is 366 g/mol. The molecule has 1 heterocycles. The number of aryl methyl sites for hydroxylation is 1. The third-order valence-corrected chi connectivity index (χ3v) is 4.46. The van der Waals surface area contributed by atoms with Crippen molar-refractivity contribution in [1.82, 2.24) is 0 Å². The van der Waals surface area contributed by atoms with E-state index in [1.165, 1.54) is 5.56 Å². The molecule has 1 aliphatic rings. The van der Waals surface area contributed by atoms with E-state index in [-0.39, 0.29) is 12.0 Å². The zero-order valence-corrected chi connectivity index (χ0v) is 15.6. The van der Waals surface area contributed by atoms with Crippen molar-refractivity contribution in [3.8, 4) is 0 Å². The van der Waals surface area contributed by atoms with Gasteiger partial charge in [-0.25, -0.2) is 4.99 Å². The van der Waals surface area contributed by atoms with Crippen molar-refractivity contribution < 1.29 is 9.53 Å². The Morgan fingerprint density at radius 1 is 1.15 bits per heavy atom. The second kappa shape index (κ2) is 9.19. The van der Waals surface area contributed by atoms with Gasteiger partial charge in [0.15, 0.2) is 5.96 Å². The van der Waals surface area contributed by atoms with Crippen LogP contribution in [0.25, 0.3) is 0 Å². The highest BCUT2D eigenvalue weighted by Gasteiger charge is 2.23. The lowest BCUT2D eigenvalue weighted by atomic mass is 10.1. The third-order valence-electron chi connectivity index (χ3n) is 4.46. The van der Waals surface area contributed by atoms with Crippen LogP contribution in [-0.2, 0) is 22.5 Å². The average Bonchev–Trinajstić information content (AvgIpc) is 3.22. The zero-order valence-electron chi connectivity index (χ0n) is 15.6. The van der Waals surface area contributed by atoms with Crippen LogP contribution < -0.4 is 16.4 Å². The summed E-state index contributed by atoms with van der Waals surface area (Å²) in [4.78, 5) is 16.5. The number of benzene rings is 2. The number of nitrogens with two attached hydrogens (primary N) is 1. The molecule has 1 aliphatic heterocycles. The molecule has 2 aromatic rings. The number of amides is 1. The fourth-order valence-electron chi connectivity index (χ4n) is 2.99. The first-order valence-corrected chi connectivity index (χ1v) is 9.31. The Labute approximate surface area is 159 Å². The molecule has 142 valence electrons. The Bertz CT molecular complexity index is 813. The van der Waals surface area contributed by atoms with E-state index in [0.29, 0.717) is 19.1 Å². The van der Waals surface area contributed by atoms with E-state index in [0.717, 1.165) is 36.2 Å². The number of carbonyl (C=O) groups excluding carboxylic acids is 1. The molecule has 1 saturated heterocycles. The maximum Gasteiger partial charge on any atom is 0.253 e. The lowest BCUT2D eigenvalue weighted by Gasteiger charge is -2.11. The Balaban J connectivity index is 1.58. The van der Waals surface area contributed by atoms with Crippen molar-refractivity contribution in [3.05, 3.63) is 59.7 Å². The number of nitrogens with zero attached hydrogens (tertiary/aromatic N) is 1. The first kappa shape index (κ1) is 18.9. The topological polar surface area (TPSA) is 88.7 Å². The quantitative estimate of drug-likeness (QED) is 0.541. The SMILES string of the molecule is CCc1cccc(NC(N)=NCc2cccc(NC(=O)C3CCCO3)c2)c1. The molecule has 27 heavy (non-hydrogen) atoms. The van der Waals surface area contributed by atoms with Crippen LogP contribution in [0.1, 0.15) is 30.9 Å². The van der Waals surface area contributed by atoms with E-state index in [4.69, 9.17) is 10.5 Å². The molecule has 0 saturated carbocycles. The van der Waals surface area contributed by atoms with Crippen molar-refractivity contribution in [1.29, 1.82) is 0 Å². The highest BCUT2D eigenvalue weighted by Crippen LogP contribution is 2.17. The molecule has 0 spiro atoms. The van der Waals surface area contributed by atoms with Gasteiger partial charge >= 0.3 is 0 Å². The maximum absolute atomic E-state index is 12.2. The van der Waals surface area contributed by atoms with Gasteiger partial charge in [0.25, 0.3) is 5.91 Å². The first-order valence-electron chi connectivity index (χ1n) is 9.31. The summed E-state index contributed by atoms with van der Waals surface area (Å²) in [5.41, 5.74) is 9.87. The second-order valence-electron chi connectivity index (χ2n) is 6.57. The van der Waals surface area contributed by atoms with Crippen molar-refractivity contribution in [2.75, 3.05) is 17.2 Å². The van der Waals surface area contributed by atoms with Gasteiger partial charge in [-0.3, -0.25) is 4.79 Å². The number of ether oxygens (including phenoxy) is 1. The Morgan fingerprint density at radius 2 is 1.85 bits per heavy atom. The number of nitrogens with one attached hydrogen (secondary N) is 2. The van der Waals surface area contributed by atoms with Crippen molar-refractivity contribution in [2.45, 2.75) is 38.8 Å². The van der Waals surface area contributed by atoms with Gasteiger partial charge in [0, 0.05) is 18.0 Å². The molecule has 0 aliphatic carbocycles. The lowest BCUT2D eigenvalue weighted by molar-refractivity contribution is -0.124. The van der Waals surface area contributed by atoms with E-state index in [9.17, 15) is 4.79 Å². The van der Waals surface area contributed by atoms with Crippen LogP contribution in [-0.4, -0.2) is 24.6 Å². The first-order chi connectivity index (χ1) is 13.1. The van der Waals surface area contributed by atoms with Gasteiger partial charge in [-0.05, 0) is 54.7 Å². The smallest absolute Gasteiger partial charge is 0.253 e. The van der Waals surface area contributed by atoms with Crippen LogP contribution in [0.15, 0.2) is 53.5 Å². The number of guanidine groups is 1. The molecule has 6 nitrogen and oxygen atoms in total. The molecule has 1 fully saturated rings. The van der Waals surface area contributed by atoms with Crippen LogP contribution in [0.3, 0.4) is 0 Å². The molecule has 0 aromatic heterocycles. The zero-order chi connectivity index (χ0) is 19.1. The monoisotopic (exact) mass is 366 g/mol. The fourth-order valence-corrected chi connectivity index (χ4v) is 2.99. The van der Waals surface area contributed by atoms with Gasteiger partial charge in [-0.15, -0.1) is 0 Å². The molecule has 3 rings (SSSR count). The maximum atomic E-state index is 12.2. The van der Waals surface area contributed by atoms with Crippen LogP contribution in [0.2, 0.25) is 0 Å². The highest BCUT2D eigenvalue weighted by atomic mass is 16.5. The molecule has 0 bridgehead atoms. The molecule has 1 atom stereocenters. The minimum atomic E-state index is -0.342. The molecule has 6 heteroatoms. The molecule has 0 radical (unpaired) electrons. The number of hydrogen-bond donors (Lipinski definition) is 3. The molecule has 1 amide bonds. The highest BCUT2D eigenvalue weighted by molar-refractivity contribution is 5.94. The summed E-state index contributed by atoms with van der Waals surface area (Å²) in [5, 5.41) is 6.02. The van der Waals surface area contributed by atoms with E-state index in [2.05, 4.69) is 34.7 Å². The van der Waals surface area contributed by atoms with Gasteiger partial charge in [-0.2, -0.15) is 0 Å². The summed E-state index contributed by atoms with van der Waals surface area (Å²) in [6, 6.07) is 15.7. The lowest BCUT2D eigenvalue weighted by Crippen LogP contribution is -2.26. The number of anilines is 2. The predicted molar refractivity (Wildman–Crippen MR) is 109 cm³/mol. The van der Waals surface area contributed by atoms with E-state index in [1.54, 1.807) is 0 Å². The normalized spacial score (nSPS) is 16.9. The van der Waals surface area contributed by atoms with Gasteiger partial charge < -0.3 is 21.1 Å². The number of rotatable bonds is 6. The third kappa shape index (κ3) is 5.56. The Morgan fingerprint density at radius 3 is 2.56 bits per heavy atom. The van der Waals surface area contributed by atoms with Crippen LogP contribution in [0, 0.1) is 0 Å². The van der Waals surface area contributed by atoms with Crippen LogP contribution in [0.5, 0.6) is 0 Å². The van der Waals surface area contributed by atoms with Gasteiger partial charge in [-0.1, -0.05) is 31.2 Å². The summed E-state index contributed by atoms with van der Waals surface area (Å²) >= 11 is 0. The summed E-state index contributed by atoms with van der Waals surface area (Å²) in [6.45, 7) is 3.19. The van der Waals surface area contributed by atoms with E-state index in [1.807, 2.05) is 36.4 Å². The summed E-state index contributed by atoms with van der Waals surface area (Å²) in [6.07, 6.45) is 2.33. The number of hydrogen-bond acceptors (Lipinski definition) is 3. The Kier molecular flexibility index (Phi) is 6.44. The fraction of sp³-hybridized carbons (Fsp3) is 0.333. The summed E-state index contributed by atoms with van der Waals surface area (Å²) in [5.74, 6) is 0.266. The minimum absolute atomic E-state index is 0.0925. The number of carbonyl (C=O) groups is 1.